The fraction of sp³-hybridized carbons (Fsp3) is 0.485. The number of rotatable bonds is 7. The van der Waals surface area contributed by atoms with Crippen LogP contribution >= 0.6 is 0 Å². The van der Waals surface area contributed by atoms with Crippen LogP contribution < -0.4 is 0 Å². The Kier molecular flexibility index (Phi) is 8.21. The van der Waals surface area contributed by atoms with Crippen molar-refractivity contribution in [3.63, 3.8) is 0 Å². The molecule has 39 heavy (non-hydrogen) atoms. The van der Waals surface area contributed by atoms with E-state index in [-0.39, 0.29) is 36.5 Å². The maximum Gasteiger partial charge on any atom is 0.184 e. The van der Waals surface area contributed by atoms with Gasteiger partial charge in [0.1, 0.15) is 16.7 Å². The van der Waals surface area contributed by atoms with Crippen LogP contribution in [-0.4, -0.2) is 32.7 Å². The lowest BCUT2D eigenvalue weighted by molar-refractivity contribution is -0.176. The number of allylic oxidation sites excluding steroid dienone is 7. The molecule has 0 amide bonds. The molecule has 0 heterocycles. The summed E-state index contributed by atoms with van der Waals surface area (Å²) >= 11 is 0. The quantitative estimate of drug-likeness (QED) is 0.0853. The fourth-order valence-electron chi connectivity index (χ4n) is 6.20. The fourth-order valence-corrected chi connectivity index (χ4v) is 6.20. The molecule has 1 aromatic rings. The van der Waals surface area contributed by atoms with Crippen molar-refractivity contribution in [1.82, 2.24) is 0 Å². The summed E-state index contributed by atoms with van der Waals surface area (Å²) in [7, 11) is 0. The van der Waals surface area contributed by atoms with Crippen molar-refractivity contribution in [2.75, 3.05) is 0 Å². The maximum absolute atomic E-state index is 14.7. The van der Waals surface area contributed by atoms with E-state index in [2.05, 4.69) is 6.08 Å². The van der Waals surface area contributed by atoms with Crippen LogP contribution in [0, 0.1) is 22.2 Å². The molecule has 3 rings (SSSR count). The summed E-state index contributed by atoms with van der Waals surface area (Å²) in [5.74, 6) is -3.35. The highest BCUT2D eigenvalue weighted by Crippen LogP contribution is 2.65. The summed E-state index contributed by atoms with van der Waals surface area (Å²) in [6, 6.07) is 3.62. The zero-order valence-corrected chi connectivity index (χ0v) is 24.4. The molecule has 2 bridgehead atoms. The summed E-state index contributed by atoms with van der Waals surface area (Å²) in [6.07, 6.45) is 6.98. The minimum atomic E-state index is -1.58. The minimum absolute atomic E-state index is 0.0167. The van der Waals surface area contributed by atoms with Crippen LogP contribution in [0.15, 0.2) is 58.7 Å². The highest BCUT2D eigenvalue weighted by Gasteiger charge is 2.73. The third kappa shape index (κ3) is 4.90. The molecule has 0 aromatic heterocycles. The Labute approximate surface area is 231 Å². The molecular weight excluding hydrogens is 492 g/mol. The van der Waals surface area contributed by atoms with E-state index in [0.29, 0.717) is 6.42 Å². The number of fused-ring (bicyclic) bond motifs is 2. The molecule has 0 saturated heterocycles. The topological polar surface area (TPSA) is 112 Å². The monoisotopic (exact) mass is 534 g/mol. The molecule has 0 spiro atoms. The molecule has 6 heteroatoms. The Bertz CT molecular complexity index is 1330. The van der Waals surface area contributed by atoms with Crippen molar-refractivity contribution in [2.45, 2.75) is 81.1 Å². The van der Waals surface area contributed by atoms with E-state index in [1.54, 1.807) is 0 Å². The molecule has 0 aliphatic heterocycles. The van der Waals surface area contributed by atoms with E-state index in [0.717, 1.165) is 22.8 Å². The number of phenols is 2. The van der Waals surface area contributed by atoms with Gasteiger partial charge in [-0.3, -0.25) is 14.4 Å². The van der Waals surface area contributed by atoms with E-state index >= 15 is 0 Å². The molecule has 6 nitrogen and oxygen atoms in total. The molecule has 1 aromatic carbocycles. The first-order valence-corrected chi connectivity index (χ1v) is 13.5. The van der Waals surface area contributed by atoms with E-state index in [9.17, 15) is 29.7 Å². The Morgan fingerprint density at radius 1 is 0.846 bits per heavy atom. The van der Waals surface area contributed by atoms with Gasteiger partial charge in [-0.05, 0) is 96.8 Å². The smallest absolute Gasteiger partial charge is 0.184 e. The average molecular weight is 535 g/mol. The lowest BCUT2D eigenvalue weighted by atomic mass is 9.38. The summed E-state index contributed by atoms with van der Waals surface area (Å²) in [5, 5.41) is 31.3. The number of ketones is 3. The van der Waals surface area contributed by atoms with E-state index in [4.69, 9.17) is 0 Å². The average Bonchev–Trinajstić information content (AvgIpc) is 2.83. The Morgan fingerprint density at radius 2 is 1.41 bits per heavy atom. The molecular formula is C33H42O6. The van der Waals surface area contributed by atoms with Crippen molar-refractivity contribution in [1.29, 1.82) is 0 Å². The van der Waals surface area contributed by atoms with Crippen LogP contribution in [0.2, 0.25) is 0 Å². The van der Waals surface area contributed by atoms with Crippen molar-refractivity contribution in [2.24, 2.45) is 22.2 Å². The van der Waals surface area contributed by atoms with Gasteiger partial charge in [0.2, 0.25) is 0 Å². The largest absolute Gasteiger partial charge is 0.506 e. The molecule has 0 radical (unpaired) electrons. The van der Waals surface area contributed by atoms with Gasteiger partial charge in [0, 0.05) is 5.56 Å². The van der Waals surface area contributed by atoms with Gasteiger partial charge in [0.05, 0.1) is 5.41 Å². The number of aliphatic hydroxyl groups excluding tert-OH is 1. The number of carbonyl (C=O) groups is 3. The molecule has 2 saturated carbocycles. The molecule has 3 atom stereocenters. The summed E-state index contributed by atoms with van der Waals surface area (Å²) < 4.78 is 0. The number of carbonyl (C=O) groups excluding carboxylic acids is 3. The second kappa shape index (κ2) is 10.6. The SMILES string of the molecule is CC(C)=CC[C@H]1C[C@]2(CC=C(C)C)C(=O)/C(=C(\O)c3ccc(O)c(O)c3)C(=O)[C@@](CC=C(C)C)(C2=O)C1(C)C. The van der Waals surface area contributed by atoms with Gasteiger partial charge in [-0.15, -0.1) is 0 Å². The summed E-state index contributed by atoms with van der Waals surface area (Å²) in [5.41, 5.74) is -1.31. The van der Waals surface area contributed by atoms with Crippen LogP contribution in [-0.2, 0) is 14.4 Å². The van der Waals surface area contributed by atoms with Gasteiger partial charge in [-0.1, -0.05) is 48.8 Å². The predicted molar refractivity (Wildman–Crippen MR) is 153 cm³/mol. The van der Waals surface area contributed by atoms with E-state index < -0.39 is 50.6 Å². The first-order valence-electron chi connectivity index (χ1n) is 13.5. The second-order valence-corrected chi connectivity index (χ2v) is 12.5. The number of hydrogen-bond acceptors (Lipinski definition) is 6. The normalized spacial score (nSPS) is 27.1. The van der Waals surface area contributed by atoms with Crippen LogP contribution in [0.1, 0.15) is 86.6 Å². The van der Waals surface area contributed by atoms with Crippen molar-refractivity contribution in [3.8, 4) is 11.5 Å². The van der Waals surface area contributed by atoms with Crippen LogP contribution in [0.25, 0.3) is 5.76 Å². The first-order chi connectivity index (χ1) is 18.0. The molecule has 2 fully saturated rings. The lowest BCUT2D eigenvalue weighted by Crippen LogP contribution is -2.69. The number of hydrogen-bond donors (Lipinski definition) is 3. The van der Waals surface area contributed by atoms with Gasteiger partial charge in [-0.2, -0.15) is 0 Å². The molecule has 3 N–H and O–H groups in total. The predicted octanol–water partition coefficient (Wildman–Crippen LogP) is 7.18. The highest BCUT2D eigenvalue weighted by atomic mass is 16.3. The number of phenolic OH excluding ortho intramolecular Hbond substituents is 2. The zero-order chi connectivity index (χ0) is 29.5. The Hall–Kier alpha value is -3.41. The number of aliphatic hydroxyl groups is 1. The van der Waals surface area contributed by atoms with Crippen molar-refractivity contribution < 1.29 is 29.7 Å². The van der Waals surface area contributed by atoms with E-state index in [1.165, 1.54) is 12.1 Å². The minimum Gasteiger partial charge on any atom is -0.506 e. The van der Waals surface area contributed by atoms with Gasteiger partial charge >= 0.3 is 0 Å². The Balaban J connectivity index is 2.45. The second-order valence-electron chi connectivity index (χ2n) is 12.5. The van der Waals surface area contributed by atoms with Gasteiger partial charge in [-0.25, -0.2) is 0 Å². The first kappa shape index (κ1) is 30.1. The summed E-state index contributed by atoms with van der Waals surface area (Å²) in [6.45, 7) is 15.5. The molecule has 0 unspecified atom stereocenters. The summed E-state index contributed by atoms with van der Waals surface area (Å²) in [4.78, 5) is 43.7. The zero-order valence-electron chi connectivity index (χ0n) is 24.4. The van der Waals surface area contributed by atoms with Crippen LogP contribution in [0.5, 0.6) is 11.5 Å². The third-order valence-electron chi connectivity index (χ3n) is 8.79. The van der Waals surface area contributed by atoms with Crippen LogP contribution in [0.3, 0.4) is 0 Å². The number of Topliss-reactive ketones (excluding diaryl/α,β-unsaturated/α-hetero) is 3. The molecule has 2 aliphatic carbocycles. The number of aromatic hydroxyl groups is 2. The lowest BCUT2D eigenvalue weighted by Gasteiger charge is -2.60. The number of benzene rings is 1. The van der Waals surface area contributed by atoms with E-state index in [1.807, 2.05) is 67.5 Å². The van der Waals surface area contributed by atoms with Crippen molar-refractivity contribution >= 4 is 23.1 Å². The van der Waals surface area contributed by atoms with Gasteiger partial charge < -0.3 is 15.3 Å². The van der Waals surface area contributed by atoms with Gasteiger partial charge in [0.25, 0.3) is 0 Å². The Morgan fingerprint density at radius 3 is 1.95 bits per heavy atom. The molecule has 210 valence electrons. The van der Waals surface area contributed by atoms with Crippen molar-refractivity contribution in [3.05, 3.63) is 64.3 Å². The maximum atomic E-state index is 14.7. The van der Waals surface area contributed by atoms with Gasteiger partial charge in [0.15, 0.2) is 28.8 Å². The van der Waals surface area contributed by atoms with Crippen LogP contribution in [0.4, 0.5) is 0 Å². The standard InChI is InChI=1S/C33H42O6/c1-19(2)9-11-23-18-32(15-13-20(3)4)28(37)26(27(36)22-10-12-24(34)25(35)17-22)29(38)33(30(32)39,31(23,7)8)16-14-21(5)6/h9-10,12-14,17,23,34-36H,11,15-16,18H2,1-8H3/b27-26+/t23-,32+,33-/m0/s1. The highest BCUT2D eigenvalue weighted by molar-refractivity contribution is 6.41. The molecule has 2 aliphatic rings. The third-order valence-corrected chi connectivity index (χ3v) is 8.79.